The molecule has 10 aromatic rings. The summed E-state index contributed by atoms with van der Waals surface area (Å²) in [6, 6.07) is 44.2. The normalized spacial score (nSPS) is 11.1. The Balaban J connectivity index is 0.000000225. The van der Waals surface area contributed by atoms with Gasteiger partial charge in [-0.2, -0.15) is 0 Å². The molecule has 0 unspecified atom stereocenters. The molecular formula is C63H65N15O2Pt3. The molecule has 20 heteroatoms. The van der Waals surface area contributed by atoms with E-state index in [4.69, 9.17) is 4.98 Å². The van der Waals surface area contributed by atoms with Crippen LogP contribution in [0.1, 0.15) is 116 Å². The van der Waals surface area contributed by atoms with Crippen LogP contribution in [0.25, 0.3) is 60.9 Å². The van der Waals surface area contributed by atoms with Crippen LogP contribution in [0.5, 0.6) is 0 Å². The molecule has 2 amide bonds. The topological polar surface area (TPSA) is 235 Å². The molecule has 9 aromatic heterocycles. The van der Waals surface area contributed by atoms with Crippen LogP contribution in [0.4, 0.5) is 0 Å². The van der Waals surface area contributed by atoms with Crippen molar-refractivity contribution in [3.63, 3.8) is 0 Å². The van der Waals surface area contributed by atoms with Gasteiger partial charge in [0.2, 0.25) is 0 Å². The van der Waals surface area contributed by atoms with Crippen LogP contribution in [0.3, 0.4) is 0 Å². The average molecular weight is 1650 g/mol. The minimum absolute atomic E-state index is 0. The minimum Gasteiger partial charge on any atom is -0.657 e. The monoisotopic (exact) mass is 1650 g/mol. The van der Waals surface area contributed by atoms with Gasteiger partial charge in [0.1, 0.15) is 11.8 Å². The molecule has 83 heavy (non-hydrogen) atoms. The van der Waals surface area contributed by atoms with Gasteiger partial charge in [-0.25, -0.2) is 0 Å². The number of carbonyl (C=O) groups is 2. The molecule has 0 spiro atoms. The third kappa shape index (κ3) is 19.3. The van der Waals surface area contributed by atoms with Crippen LogP contribution < -0.4 is 15.3 Å². The summed E-state index contributed by atoms with van der Waals surface area (Å²) in [5.74, 6) is -0.624. The van der Waals surface area contributed by atoms with Gasteiger partial charge in [0, 0.05) is 86.1 Å². The number of hydrogen-bond acceptors (Lipinski definition) is 11. The zero-order valence-corrected chi connectivity index (χ0v) is 54.5. The van der Waals surface area contributed by atoms with Crippen LogP contribution in [-0.2, 0) is 98.8 Å². The molecule has 0 bridgehead atoms. The molecule has 0 saturated carbocycles. The van der Waals surface area contributed by atoms with Gasteiger partial charge in [-0.15, -0.1) is 26.2 Å². The largest absolute Gasteiger partial charge is 2.00 e. The molecule has 434 valence electrons. The molecular weight excluding hydrogens is 1580 g/mol. The van der Waals surface area contributed by atoms with Crippen molar-refractivity contribution >= 4 is 22.6 Å². The number of benzene rings is 1. The van der Waals surface area contributed by atoms with E-state index in [9.17, 15) is 9.59 Å². The van der Waals surface area contributed by atoms with Gasteiger partial charge >= 0.3 is 63.2 Å². The van der Waals surface area contributed by atoms with E-state index >= 15 is 0 Å². The van der Waals surface area contributed by atoms with E-state index < -0.39 is 5.41 Å². The summed E-state index contributed by atoms with van der Waals surface area (Å²) in [7, 11) is 0. The standard InChI is InChI=1S/C24H25N5.C20H22N5O.C19H20N5O.3Pt/c1-24(2,3)22-15-21(28-29-22)23-20-10-5-4-8-17(20)14-18(27-23)11-13-25-16-19-9-6-7-12-26-19;1-20(2,3)18-13-17(24-25-18)15-9-6-7-14(23-15)10-12-22-19(26)16-8-4-5-11-21-16;1-13-11-16(24-23-13)14-8-6-9-17(22-14)19(2,3)12-21-18(25)15-7-4-5-10-20-15;;;/h4-10,12,14-15H,11,13,16H2,1-3H3;4-9,11,13H,10,12H2,1-3H3,(H-,22,23,24,25,26);4-11H,12H2,1-3H3,(H-,21,22,23,24,25);;;/q-2;2*-1;3*+2/p-2. The summed E-state index contributed by atoms with van der Waals surface area (Å²) < 4.78 is 0. The van der Waals surface area contributed by atoms with E-state index in [1.165, 1.54) is 0 Å². The molecule has 0 atom stereocenters. The minimum atomic E-state index is -0.393. The number of nitrogens with zero attached hydrogens (tertiary/aromatic N) is 15. The number of aromatic nitrogens is 12. The Hall–Kier alpha value is -7.03. The molecule has 0 N–H and O–H groups in total. The number of hydrogen-bond donors (Lipinski definition) is 0. The van der Waals surface area contributed by atoms with Crippen molar-refractivity contribution in [1.29, 1.82) is 0 Å². The van der Waals surface area contributed by atoms with Gasteiger partial charge in [0.05, 0.1) is 17.1 Å². The number of rotatable bonds is 16. The molecule has 0 saturated heterocycles. The third-order valence-electron chi connectivity index (χ3n) is 12.6. The summed E-state index contributed by atoms with van der Waals surface area (Å²) >= 11 is 0. The Bertz CT molecular complexity index is 3610. The fourth-order valence-electron chi connectivity index (χ4n) is 8.01. The van der Waals surface area contributed by atoms with Gasteiger partial charge in [0.25, 0.3) is 0 Å². The van der Waals surface area contributed by atoms with Crippen LogP contribution in [-0.4, -0.2) is 76.6 Å². The van der Waals surface area contributed by atoms with Gasteiger partial charge in [-0.3, -0.25) is 29.9 Å². The van der Waals surface area contributed by atoms with E-state index in [1.807, 2.05) is 93.6 Å². The quantitative estimate of drug-likeness (QED) is 0.0819. The van der Waals surface area contributed by atoms with Gasteiger partial charge < -0.3 is 56.1 Å². The SMILES string of the molecule is CC(C)(C)c1cc(-c2cccc(CC[N-]C(=O)c3ccccn3)n2)[n-]n1.CC(C)(C)c1cc(-c2nc(CC[N-]Cc3ccccn3)cc3ccccc23)[n-]n1.Cc1cc(-c2cccc(C(C)(C)C[N-]C(=O)c3ccccn3)n2)[n-]n1.[Pt+2].[Pt+2].[Pt+2]. The summed E-state index contributed by atoms with van der Waals surface area (Å²) in [5.41, 5.74) is 11.5. The Kier molecular flexibility index (Phi) is 25.0. The Morgan fingerprint density at radius 2 is 1.02 bits per heavy atom. The second-order valence-corrected chi connectivity index (χ2v) is 21.8. The number of pyridine rings is 6. The van der Waals surface area contributed by atoms with Crippen LogP contribution >= 0.6 is 0 Å². The van der Waals surface area contributed by atoms with E-state index in [-0.39, 0.29) is 85.8 Å². The van der Waals surface area contributed by atoms with E-state index in [1.54, 1.807) is 55.0 Å². The van der Waals surface area contributed by atoms with Crippen molar-refractivity contribution in [2.24, 2.45) is 0 Å². The zero-order valence-electron chi connectivity index (χ0n) is 47.7. The first-order chi connectivity index (χ1) is 38.4. The Morgan fingerprint density at radius 3 is 1.63 bits per heavy atom. The molecule has 1 aromatic carbocycles. The second kappa shape index (κ2) is 31.0. The van der Waals surface area contributed by atoms with E-state index in [0.717, 1.165) is 91.2 Å². The van der Waals surface area contributed by atoms with Gasteiger partial charge in [0.15, 0.2) is 0 Å². The van der Waals surface area contributed by atoms with Crippen LogP contribution in [0.15, 0.2) is 158 Å². The Labute approximate surface area is 529 Å². The number of carbonyl (C=O) groups excluding carboxylic acids is 2. The molecule has 0 radical (unpaired) electrons. The number of aryl methyl sites for hydroxylation is 1. The van der Waals surface area contributed by atoms with E-state index in [2.05, 4.69) is 143 Å². The van der Waals surface area contributed by atoms with Crippen LogP contribution in [0, 0.1) is 6.92 Å². The summed E-state index contributed by atoms with van der Waals surface area (Å²) in [6.45, 7) is 20.7. The molecule has 9 heterocycles. The molecule has 0 aliphatic heterocycles. The number of fused-ring (bicyclic) bond motifs is 1. The smallest absolute Gasteiger partial charge is 0.657 e. The zero-order chi connectivity index (χ0) is 56.7. The molecule has 10 rings (SSSR count). The van der Waals surface area contributed by atoms with Crippen molar-refractivity contribution in [1.82, 2.24) is 60.5 Å². The number of amides is 2. The second-order valence-electron chi connectivity index (χ2n) is 21.8. The molecule has 0 aliphatic rings. The first kappa shape index (κ1) is 66.8. The summed E-state index contributed by atoms with van der Waals surface area (Å²) in [4.78, 5) is 50.7. The van der Waals surface area contributed by atoms with E-state index in [0.29, 0.717) is 44.0 Å². The maximum absolute atomic E-state index is 12.1. The van der Waals surface area contributed by atoms with Crippen molar-refractivity contribution in [2.75, 3.05) is 19.6 Å². The average Bonchev–Trinajstić information content (AvgIpc) is 4.49. The summed E-state index contributed by atoms with van der Waals surface area (Å²) in [5, 5.41) is 40.6. The van der Waals surface area contributed by atoms with Crippen molar-refractivity contribution in [2.45, 2.75) is 97.9 Å². The predicted molar refractivity (Wildman–Crippen MR) is 312 cm³/mol. The fraction of sp³-hybridized carbons (Fsp3) is 0.286. The van der Waals surface area contributed by atoms with Gasteiger partial charge in [-0.05, 0) is 97.3 Å². The maximum atomic E-state index is 12.1. The molecule has 0 aliphatic carbocycles. The first-order valence-corrected chi connectivity index (χ1v) is 26.5. The van der Waals surface area contributed by atoms with Crippen molar-refractivity contribution in [3.05, 3.63) is 225 Å². The van der Waals surface area contributed by atoms with Crippen molar-refractivity contribution < 1.29 is 72.8 Å². The first-order valence-electron chi connectivity index (χ1n) is 26.5. The Morgan fingerprint density at radius 1 is 0.482 bits per heavy atom. The predicted octanol–water partition coefficient (Wildman–Crippen LogP) is 11.9. The summed E-state index contributed by atoms with van der Waals surface area (Å²) in [6.07, 6.45) is 6.33. The third-order valence-corrected chi connectivity index (χ3v) is 12.6. The van der Waals surface area contributed by atoms with Crippen LogP contribution in [0.2, 0.25) is 0 Å². The molecule has 0 fully saturated rings. The fourth-order valence-corrected chi connectivity index (χ4v) is 8.01. The molecule has 17 nitrogen and oxygen atoms in total. The van der Waals surface area contributed by atoms with Gasteiger partial charge in [-0.1, -0.05) is 145 Å². The maximum Gasteiger partial charge on any atom is 2.00 e. The van der Waals surface area contributed by atoms with Crippen molar-refractivity contribution in [3.8, 4) is 34.2 Å².